The highest BCUT2D eigenvalue weighted by atomic mass is 19.1. The van der Waals surface area contributed by atoms with Crippen LogP contribution in [0.25, 0.3) is 0 Å². The average molecular weight is 345 g/mol. The van der Waals surface area contributed by atoms with E-state index in [1.54, 1.807) is 12.3 Å². The van der Waals surface area contributed by atoms with Crippen molar-refractivity contribution in [1.82, 2.24) is 15.6 Å². The van der Waals surface area contributed by atoms with Crippen LogP contribution in [-0.2, 0) is 11.3 Å². The minimum atomic E-state index is -0.319. The maximum Gasteiger partial charge on any atom is 0.315 e. The summed E-state index contributed by atoms with van der Waals surface area (Å²) < 4.78 is 23.6. The Bertz CT molecular complexity index is 686. The van der Waals surface area contributed by atoms with Gasteiger partial charge in [0, 0.05) is 37.9 Å². The third-order valence-corrected chi connectivity index (χ3v) is 3.86. The molecule has 1 fully saturated rings. The van der Waals surface area contributed by atoms with E-state index in [2.05, 4.69) is 15.6 Å². The van der Waals surface area contributed by atoms with E-state index in [1.165, 1.54) is 24.3 Å². The minimum Gasteiger partial charge on any atom is -0.439 e. The summed E-state index contributed by atoms with van der Waals surface area (Å²) in [6.07, 6.45) is 2.61. The van der Waals surface area contributed by atoms with Crippen LogP contribution in [0.15, 0.2) is 42.6 Å². The molecule has 0 spiro atoms. The largest absolute Gasteiger partial charge is 0.439 e. The summed E-state index contributed by atoms with van der Waals surface area (Å²) in [5.41, 5.74) is 0.853. The summed E-state index contributed by atoms with van der Waals surface area (Å²) >= 11 is 0. The Balaban J connectivity index is 1.42. The molecule has 0 saturated carbocycles. The second-order valence-corrected chi connectivity index (χ2v) is 5.85. The van der Waals surface area contributed by atoms with Gasteiger partial charge >= 0.3 is 6.03 Å². The molecule has 132 valence electrons. The van der Waals surface area contributed by atoms with Crippen LogP contribution in [0, 0.1) is 11.7 Å². The number of carbonyl (C=O) groups is 1. The monoisotopic (exact) mass is 345 g/mol. The Kier molecular flexibility index (Phi) is 5.79. The van der Waals surface area contributed by atoms with Gasteiger partial charge in [0.15, 0.2) is 0 Å². The van der Waals surface area contributed by atoms with Gasteiger partial charge in [-0.2, -0.15) is 0 Å². The number of nitrogens with zero attached hydrogens (tertiary/aromatic N) is 1. The highest BCUT2D eigenvalue weighted by molar-refractivity contribution is 5.73. The van der Waals surface area contributed by atoms with Crippen molar-refractivity contribution in [3.05, 3.63) is 54.0 Å². The summed E-state index contributed by atoms with van der Waals surface area (Å²) in [5, 5.41) is 5.62. The van der Waals surface area contributed by atoms with Crippen LogP contribution in [0.4, 0.5) is 9.18 Å². The van der Waals surface area contributed by atoms with Gasteiger partial charge in [0.2, 0.25) is 5.88 Å². The SMILES string of the molecule is O=C(NCc1ccc(Oc2ccc(F)cc2)nc1)NCC1CCOC1. The molecule has 6 nitrogen and oxygen atoms in total. The van der Waals surface area contributed by atoms with Crippen molar-refractivity contribution in [3.63, 3.8) is 0 Å². The smallest absolute Gasteiger partial charge is 0.315 e. The topological polar surface area (TPSA) is 72.5 Å². The molecule has 0 bridgehead atoms. The number of rotatable bonds is 6. The fourth-order valence-electron chi connectivity index (χ4n) is 2.43. The number of hydrogen-bond acceptors (Lipinski definition) is 4. The van der Waals surface area contributed by atoms with Gasteiger partial charge in [-0.05, 0) is 36.2 Å². The van der Waals surface area contributed by atoms with Crippen molar-refractivity contribution in [1.29, 1.82) is 0 Å². The molecule has 0 radical (unpaired) electrons. The number of aromatic nitrogens is 1. The van der Waals surface area contributed by atoms with Crippen LogP contribution in [-0.4, -0.2) is 30.8 Å². The lowest BCUT2D eigenvalue weighted by molar-refractivity contribution is 0.185. The lowest BCUT2D eigenvalue weighted by Crippen LogP contribution is -2.38. The predicted molar refractivity (Wildman–Crippen MR) is 89.9 cm³/mol. The molecule has 2 N–H and O–H groups in total. The number of carbonyl (C=O) groups excluding carboxylic acids is 1. The van der Waals surface area contributed by atoms with Crippen LogP contribution < -0.4 is 15.4 Å². The molecule has 1 unspecified atom stereocenters. The van der Waals surface area contributed by atoms with E-state index >= 15 is 0 Å². The maximum atomic E-state index is 12.9. The lowest BCUT2D eigenvalue weighted by Gasteiger charge is -2.11. The van der Waals surface area contributed by atoms with Crippen molar-refractivity contribution >= 4 is 6.03 Å². The lowest BCUT2D eigenvalue weighted by atomic mass is 10.1. The highest BCUT2D eigenvalue weighted by Gasteiger charge is 2.16. The molecule has 25 heavy (non-hydrogen) atoms. The molecule has 2 aromatic rings. The molecule has 7 heteroatoms. The average Bonchev–Trinajstić information content (AvgIpc) is 3.15. The normalized spacial score (nSPS) is 16.4. The third kappa shape index (κ3) is 5.42. The van der Waals surface area contributed by atoms with Crippen LogP contribution >= 0.6 is 0 Å². The number of halogens is 1. The molecule has 3 rings (SSSR count). The molecule has 1 aromatic heterocycles. The summed E-state index contributed by atoms with van der Waals surface area (Å²) in [6, 6.07) is 9.02. The fraction of sp³-hybridized carbons (Fsp3) is 0.333. The minimum absolute atomic E-state index is 0.210. The highest BCUT2D eigenvalue weighted by Crippen LogP contribution is 2.19. The van der Waals surface area contributed by atoms with Crippen molar-refractivity contribution in [2.24, 2.45) is 5.92 Å². The van der Waals surface area contributed by atoms with Crippen molar-refractivity contribution in [2.75, 3.05) is 19.8 Å². The third-order valence-electron chi connectivity index (χ3n) is 3.86. The first-order chi connectivity index (χ1) is 12.2. The molecule has 1 aliphatic rings. The number of urea groups is 1. The number of nitrogens with one attached hydrogen (secondary N) is 2. The number of amides is 2. The Labute approximate surface area is 145 Å². The molecule has 1 aliphatic heterocycles. The van der Waals surface area contributed by atoms with E-state index in [0.29, 0.717) is 37.2 Å². The van der Waals surface area contributed by atoms with Crippen molar-refractivity contribution < 1.29 is 18.7 Å². The summed E-state index contributed by atoms with van der Waals surface area (Å²) in [4.78, 5) is 15.9. The van der Waals surface area contributed by atoms with Gasteiger partial charge in [-0.15, -0.1) is 0 Å². The number of benzene rings is 1. The summed E-state index contributed by atoms with van der Waals surface area (Å²) in [7, 11) is 0. The van der Waals surface area contributed by atoms with E-state index < -0.39 is 0 Å². The van der Waals surface area contributed by atoms with Gasteiger partial charge in [0.05, 0.1) is 6.61 Å². The quantitative estimate of drug-likeness (QED) is 0.844. The van der Waals surface area contributed by atoms with E-state index in [1.807, 2.05) is 6.07 Å². The van der Waals surface area contributed by atoms with Crippen LogP contribution in [0.5, 0.6) is 11.6 Å². The van der Waals surface area contributed by atoms with E-state index in [4.69, 9.17) is 9.47 Å². The van der Waals surface area contributed by atoms with Gasteiger partial charge in [-0.25, -0.2) is 14.2 Å². The van der Waals surface area contributed by atoms with E-state index in [9.17, 15) is 9.18 Å². The van der Waals surface area contributed by atoms with Gasteiger partial charge < -0.3 is 20.1 Å². The van der Waals surface area contributed by atoms with Gasteiger partial charge in [-0.1, -0.05) is 6.07 Å². The van der Waals surface area contributed by atoms with Crippen molar-refractivity contribution in [3.8, 4) is 11.6 Å². The standard InChI is InChI=1S/C18H20FN3O3/c19-15-2-4-16(5-3-15)25-17-6-1-13(9-20-17)10-21-18(23)22-11-14-7-8-24-12-14/h1-6,9,14H,7-8,10-12H2,(H2,21,22,23). The molecule has 1 atom stereocenters. The predicted octanol–water partition coefficient (Wildman–Crippen LogP) is 2.85. The first kappa shape index (κ1) is 17.2. The van der Waals surface area contributed by atoms with Crippen LogP contribution in [0.2, 0.25) is 0 Å². The first-order valence-corrected chi connectivity index (χ1v) is 8.17. The second-order valence-electron chi connectivity index (χ2n) is 5.85. The van der Waals surface area contributed by atoms with Crippen molar-refractivity contribution in [2.45, 2.75) is 13.0 Å². The number of ether oxygens (including phenoxy) is 2. The van der Waals surface area contributed by atoms with E-state index in [0.717, 1.165) is 18.6 Å². The Morgan fingerprint density at radius 1 is 1.24 bits per heavy atom. The van der Waals surface area contributed by atoms with Gasteiger partial charge in [-0.3, -0.25) is 0 Å². The molecule has 2 amide bonds. The number of hydrogen-bond donors (Lipinski definition) is 2. The molecule has 2 heterocycles. The van der Waals surface area contributed by atoms with Gasteiger partial charge in [0.1, 0.15) is 11.6 Å². The molecule has 1 aromatic carbocycles. The Hall–Kier alpha value is -2.67. The maximum absolute atomic E-state index is 12.9. The zero-order valence-electron chi connectivity index (χ0n) is 13.7. The molecule has 0 aliphatic carbocycles. The Morgan fingerprint density at radius 2 is 2.08 bits per heavy atom. The fourth-order valence-corrected chi connectivity index (χ4v) is 2.43. The van der Waals surface area contributed by atoms with Crippen LogP contribution in [0.3, 0.4) is 0 Å². The first-order valence-electron chi connectivity index (χ1n) is 8.17. The zero-order valence-corrected chi connectivity index (χ0v) is 13.7. The molecular formula is C18H20FN3O3. The second kappa shape index (κ2) is 8.43. The number of pyridine rings is 1. The zero-order chi connectivity index (χ0) is 17.5. The van der Waals surface area contributed by atoms with Crippen LogP contribution in [0.1, 0.15) is 12.0 Å². The summed E-state index contributed by atoms with van der Waals surface area (Å²) in [5.74, 6) is 0.992. The Morgan fingerprint density at radius 3 is 2.76 bits per heavy atom. The molecule has 1 saturated heterocycles. The van der Waals surface area contributed by atoms with E-state index in [-0.39, 0.29) is 11.8 Å². The van der Waals surface area contributed by atoms with Gasteiger partial charge in [0.25, 0.3) is 0 Å². The summed E-state index contributed by atoms with van der Waals surface area (Å²) in [6.45, 7) is 2.47. The molecular weight excluding hydrogens is 325 g/mol.